The fourth-order valence-corrected chi connectivity index (χ4v) is 3.72. The molecule has 88 valence electrons. The predicted molar refractivity (Wildman–Crippen MR) is 66.0 cm³/mol. The molecule has 0 bridgehead atoms. The first-order chi connectivity index (χ1) is 7.28. The lowest BCUT2D eigenvalue weighted by Crippen LogP contribution is -2.38. The molecule has 2 saturated carbocycles. The van der Waals surface area contributed by atoms with E-state index in [1.165, 1.54) is 57.8 Å². The van der Waals surface area contributed by atoms with Gasteiger partial charge in [-0.1, -0.05) is 13.3 Å². The van der Waals surface area contributed by atoms with Crippen molar-refractivity contribution >= 4 is 0 Å². The molecule has 0 radical (unpaired) electrons. The van der Waals surface area contributed by atoms with Crippen molar-refractivity contribution < 1.29 is 0 Å². The Balaban J connectivity index is 1.83. The normalized spacial score (nSPS) is 42.0. The molecule has 1 heteroatoms. The minimum Gasteiger partial charge on any atom is -0.317 e. The quantitative estimate of drug-likeness (QED) is 0.730. The van der Waals surface area contributed by atoms with Crippen LogP contribution in [0.5, 0.6) is 0 Å². The molecule has 1 spiro atoms. The zero-order chi connectivity index (χ0) is 10.7. The molecule has 0 atom stereocenters. The molecule has 0 saturated heterocycles. The first kappa shape index (κ1) is 11.4. The average molecular weight is 209 g/mol. The highest BCUT2D eigenvalue weighted by molar-refractivity contribution is 4.91. The Hall–Kier alpha value is -0.0400. The highest BCUT2D eigenvalue weighted by Crippen LogP contribution is 2.49. The largest absolute Gasteiger partial charge is 0.317 e. The van der Waals surface area contributed by atoms with E-state index in [0.717, 1.165) is 17.4 Å². The van der Waals surface area contributed by atoms with Crippen LogP contribution in [0.1, 0.15) is 64.7 Å². The standard InChI is InChI=1S/C14H27N/c1-3-12-4-8-14(9-5-12)10-6-13(15-2)7-11-14/h12-13,15H,3-11H2,1-2H3. The van der Waals surface area contributed by atoms with E-state index in [0.29, 0.717) is 0 Å². The second-order valence-corrected chi connectivity index (χ2v) is 5.91. The molecule has 0 aromatic carbocycles. The lowest BCUT2D eigenvalue weighted by molar-refractivity contribution is 0.0843. The third kappa shape index (κ3) is 2.55. The Morgan fingerprint density at radius 2 is 1.53 bits per heavy atom. The van der Waals surface area contributed by atoms with Crippen molar-refractivity contribution in [3.05, 3.63) is 0 Å². The molecule has 2 aliphatic carbocycles. The molecule has 0 heterocycles. The molecule has 2 rings (SSSR count). The summed E-state index contributed by atoms with van der Waals surface area (Å²) < 4.78 is 0. The Morgan fingerprint density at radius 3 is 2.00 bits per heavy atom. The van der Waals surface area contributed by atoms with Gasteiger partial charge in [0.15, 0.2) is 0 Å². The van der Waals surface area contributed by atoms with Crippen LogP contribution in [0.3, 0.4) is 0 Å². The van der Waals surface area contributed by atoms with Gasteiger partial charge in [-0.05, 0) is 69.7 Å². The molecule has 0 aliphatic heterocycles. The molecule has 2 fully saturated rings. The third-order valence-corrected chi connectivity index (χ3v) is 5.20. The van der Waals surface area contributed by atoms with Gasteiger partial charge in [-0.2, -0.15) is 0 Å². The highest BCUT2D eigenvalue weighted by atomic mass is 14.9. The molecular weight excluding hydrogens is 182 g/mol. The predicted octanol–water partition coefficient (Wildman–Crippen LogP) is 3.74. The van der Waals surface area contributed by atoms with Gasteiger partial charge in [0.1, 0.15) is 0 Å². The lowest BCUT2D eigenvalue weighted by Gasteiger charge is -2.45. The molecule has 1 N–H and O–H groups in total. The second kappa shape index (κ2) is 4.86. The number of nitrogens with one attached hydrogen (secondary N) is 1. The maximum absolute atomic E-state index is 3.45. The molecule has 0 unspecified atom stereocenters. The van der Waals surface area contributed by atoms with Crippen LogP contribution in [-0.2, 0) is 0 Å². The molecule has 0 aromatic rings. The van der Waals surface area contributed by atoms with E-state index in [-0.39, 0.29) is 0 Å². The average Bonchev–Trinajstić information content (AvgIpc) is 2.31. The van der Waals surface area contributed by atoms with E-state index in [1.807, 2.05) is 0 Å². The Morgan fingerprint density at radius 1 is 1.00 bits per heavy atom. The van der Waals surface area contributed by atoms with Gasteiger partial charge < -0.3 is 5.32 Å². The molecular formula is C14H27N. The molecule has 0 amide bonds. The zero-order valence-corrected chi connectivity index (χ0v) is 10.5. The van der Waals surface area contributed by atoms with Gasteiger partial charge in [-0.15, -0.1) is 0 Å². The minimum atomic E-state index is 0.777. The lowest BCUT2D eigenvalue weighted by atomic mass is 9.62. The molecule has 1 nitrogen and oxygen atoms in total. The monoisotopic (exact) mass is 209 g/mol. The van der Waals surface area contributed by atoms with Gasteiger partial charge in [0, 0.05) is 6.04 Å². The molecule has 15 heavy (non-hydrogen) atoms. The summed E-state index contributed by atoms with van der Waals surface area (Å²) in [5.41, 5.74) is 0.777. The van der Waals surface area contributed by atoms with Crippen LogP contribution in [0.2, 0.25) is 0 Å². The fraction of sp³-hybridized carbons (Fsp3) is 1.00. The van der Waals surface area contributed by atoms with Crippen molar-refractivity contribution in [3.63, 3.8) is 0 Å². The van der Waals surface area contributed by atoms with Gasteiger partial charge in [0.05, 0.1) is 0 Å². The summed E-state index contributed by atoms with van der Waals surface area (Å²) in [6.45, 7) is 2.36. The second-order valence-electron chi connectivity index (χ2n) is 5.91. The topological polar surface area (TPSA) is 12.0 Å². The highest BCUT2D eigenvalue weighted by Gasteiger charge is 2.37. The van der Waals surface area contributed by atoms with Crippen LogP contribution in [0, 0.1) is 11.3 Å². The smallest absolute Gasteiger partial charge is 0.00644 e. The van der Waals surface area contributed by atoms with Crippen molar-refractivity contribution in [2.75, 3.05) is 7.05 Å². The van der Waals surface area contributed by atoms with Gasteiger partial charge in [0.2, 0.25) is 0 Å². The van der Waals surface area contributed by atoms with E-state index in [4.69, 9.17) is 0 Å². The summed E-state index contributed by atoms with van der Waals surface area (Å²) in [7, 11) is 2.12. The summed E-state index contributed by atoms with van der Waals surface area (Å²) in [5.74, 6) is 1.05. The first-order valence-electron chi connectivity index (χ1n) is 6.95. The van der Waals surface area contributed by atoms with Crippen molar-refractivity contribution in [2.45, 2.75) is 70.8 Å². The minimum absolute atomic E-state index is 0.777. The molecule has 2 aliphatic rings. The Labute approximate surface area is 95.0 Å². The maximum atomic E-state index is 3.45. The SMILES string of the molecule is CCC1CCC2(CC1)CCC(NC)CC2. The van der Waals surface area contributed by atoms with Gasteiger partial charge in [0.25, 0.3) is 0 Å². The summed E-state index contributed by atoms with van der Waals surface area (Å²) in [6, 6.07) is 0.819. The number of rotatable bonds is 2. The van der Waals surface area contributed by atoms with Crippen molar-refractivity contribution in [1.29, 1.82) is 0 Å². The van der Waals surface area contributed by atoms with Gasteiger partial charge in [-0.25, -0.2) is 0 Å². The summed E-state index contributed by atoms with van der Waals surface area (Å²) >= 11 is 0. The van der Waals surface area contributed by atoms with Crippen LogP contribution in [-0.4, -0.2) is 13.1 Å². The van der Waals surface area contributed by atoms with E-state index >= 15 is 0 Å². The van der Waals surface area contributed by atoms with Crippen LogP contribution >= 0.6 is 0 Å². The number of hydrogen-bond acceptors (Lipinski definition) is 1. The van der Waals surface area contributed by atoms with E-state index in [2.05, 4.69) is 19.3 Å². The number of hydrogen-bond donors (Lipinski definition) is 1. The van der Waals surface area contributed by atoms with Crippen molar-refractivity contribution in [1.82, 2.24) is 5.32 Å². The van der Waals surface area contributed by atoms with E-state index in [9.17, 15) is 0 Å². The van der Waals surface area contributed by atoms with Crippen LogP contribution < -0.4 is 5.32 Å². The van der Waals surface area contributed by atoms with E-state index < -0.39 is 0 Å². The maximum Gasteiger partial charge on any atom is 0.00644 e. The third-order valence-electron chi connectivity index (χ3n) is 5.20. The van der Waals surface area contributed by atoms with Crippen LogP contribution in [0.25, 0.3) is 0 Å². The Bertz CT molecular complexity index is 158. The first-order valence-corrected chi connectivity index (χ1v) is 6.95. The van der Waals surface area contributed by atoms with Crippen LogP contribution in [0.15, 0.2) is 0 Å². The molecule has 0 aromatic heterocycles. The zero-order valence-electron chi connectivity index (χ0n) is 10.5. The summed E-state index contributed by atoms with van der Waals surface area (Å²) in [4.78, 5) is 0. The van der Waals surface area contributed by atoms with Gasteiger partial charge in [-0.3, -0.25) is 0 Å². The van der Waals surface area contributed by atoms with Crippen molar-refractivity contribution in [3.8, 4) is 0 Å². The fourth-order valence-electron chi connectivity index (χ4n) is 3.72. The summed E-state index contributed by atoms with van der Waals surface area (Å²) in [5, 5.41) is 3.45. The van der Waals surface area contributed by atoms with Crippen LogP contribution in [0.4, 0.5) is 0 Å². The summed E-state index contributed by atoms with van der Waals surface area (Å²) in [6.07, 6.45) is 13.3. The van der Waals surface area contributed by atoms with Gasteiger partial charge >= 0.3 is 0 Å². The van der Waals surface area contributed by atoms with Crippen molar-refractivity contribution in [2.24, 2.45) is 11.3 Å². The van der Waals surface area contributed by atoms with E-state index in [1.54, 1.807) is 0 Å². The Kier molecular flexibility index (Phi) is 3.71.